The molecule has 0 bridgehead atoms. The third kappa shape index (κ3) is 2.27. The summed E-state index contributed by atoms with van der Waals surface area (Å²) >= 11 is 0. The van der Waals surface area contributed by atoms with Gasteiger partial charge in [0.25, 0.3) is 5.91 Å². The normalized spacial score (nSPS) is 17.7. The lowest BCUT2D eigenvalue weighted by molar-refractivity contribution is -0.0863. The van der Waals surface area contributed by atoms with Gasteiger partial charge in [-0.3, -0.25) is 9.48 Å². The minimum atomic E-state index is -0.670. The summed E-state index contributed by atoms with van der Waals surface area (Å²) in [5.74, 6) is -0.0294. The van der Waals surface area contributed by atoms with E-state index in [4.69, 9.17) is 0 Å². The van der Waals surface area contributed by atoms with Crippen molar-refractivity contribution in [2.75, 3.05) is 13.1 Å². The van der Waals surface area contributed by atoms with Crippen molar-refractivity contribution in [3.05, 3.63) is 17.5 Å². The number of carbonyl (C=O) groups is 1. The number of hydrogen-bond acceptors (Lipinski definition) is 3. The zero-order chi connectivity index (χ0) is 13.3. The number of hydrogen-bond donors (Lipinski definition) is 1. The second-order valence-corrected chi connectivity index (χ2v) is 5.12. The molecule has 100 valence electrons. The molecule has 5 nitrogen and oxygen atoms in total. The van der Waals surface area contributed by atoms with Gasteiger partial charge in [0.2, 0.25) is 0 Å². The van der Waals surface area contributed by atoms with E-state index >= 15 is 0 Å². The number of likely N-dealkylation sites (tertiary alicyclic amines) is 1. The first-order valence-electron chi connectivity index (χ1n) is 6.55. The summed E-state index contributed by atoms with van der Waals surface area (Å²) in [4.78, 5) is 14.0. The molecule has 0 radical (unpaired) electrons. The maximum absolute atomic E-state index is 12.3. The topological polar surface area (TPSA) is 58.4 Å². The van der Waals surface area contributed by atoms with Crippen LogP contribution in [0.3, 0.4) is 0 Å². The van der Waals surface area contributed by atoms with Crippen molar-refractivity contribution in [3.63, 3.8) is 0 Å². The van der Waals surface area contributed by atoms with Gasteiger partial charge >= 0.3 is 0 Å². The van der Waals surface area contributed by atoms with E-state index in [9.17, 15) is 9.90 Å². The Hall–Kier alpha value is -1.36. The molecule has 1 N–H and O–H groups in total. The lowest BCUT2D eigenvalue weighted by Crippen LogP contribution is -2.63. The Morgan fingerprint density at radius 3 is 2.72 bits per heavy atom. The molecule has 1 aliphatic rings. The van der Waals surface area contributed by atoms with Gasteiger partial charge in [0, 0.05) is 6.54 Å². The molecule has 0 atom stereocenters. The average Bonchev–Trinajstić information content (AvgIpc) is 2.66. The Bertz CT molecular complexity index is 447. The molecular weight excluding hydrogens is 230 g/mol. The summed E-state index contributed by atoms with van der Waals surface area (Å²) < 4.78 is 1.72. The zero-order valence-electron chi connectivity index (χ0n) is 11.3. The fourth-order valence-electron chi connectivity index (χ4n) is 2.55. The molecule has 1 saturated heterocycles. The van der Waals surface area contributed by atoms with E-state index < -0.39 is 5.60 Å². The second-order valence-electron chi connectivity index (χ2n) is 5.12. The number of β-amino-alcohol motifs (C(OH)–C–C–N with tert-alkyl or cyclic N) is 1. The second kappa shape index (κ2) is 4.72. The van der Waals surface area contributed by atoms with Crippen molar-refractivity contribution >= 4 is 5.91 Å². The van der Waals surface area contributed by atoms with Gasteiger partial charge in [-0.1, -0.05) is 13.3 Å². The first kappa shape index (κ1) is 13.1. The van der Waals surface area contributed by atoms with Crippen molar-refractivity contribution in [2.24, 2.45) is 0 Å². The smallest absolute Gasteiger partial charge is 0.272 e. The van der Waals surface area contributed by atoms with Crippen LogP contribution in [0.1, 0.15) is 42.9 Å². The minimum absolute atomic E-state index is 0.0294. The van der Waals surface area contributed by atoms with Crippen LogP contribution in [0.15, 0.2) is 6.07 Å². The van der Waals surface area contributed by atoms with Crippen molar-refractivity contribution in [1.29, 1.82) is 0 Å². The molecule has 0 aliphatic carbocycles. The van der Waals surface area contributed by atoms with E-state index in [1.807, 2.05) is 26.8 Å². The van der Waals surface area contributed by atoms with Gasteiger partial charge in [-0.25, -0.2) is 0 Å². The predicted molar refractivity (Wildman–Crippen MR) is 68.4 cm³/mol. The van der Waals surface area contributed by atoms with E-state index in [0.717, 1.165) is 18.5 Å². The maximum Gasteiger partial charge on any atom is 0.272 e. The van der Waals surface area contributed by atoms with Gasteiger partial charge in [0.05, 0.1) is 24.4 Å². The van der Waals surface area contributed by atoms with Crippen molar-refractivity contribution in [2.45, 2.75) is 45.8 Å². The van der Waals surface area contributed by atoms with Gasteiger partial charge in [-0.15, -0.1) is 0 Å². The number of amides is 1. The minimum Gasteiger partial charge on any atom is -0.386 e. The van der Waals surface area contributed by atoms with Gasteiger partial charge < -0.3 is 10.0 Å². The van der Waals surface area contributed by atoms with E-state index in [2.05, 4.69) is 5.10 Å². The molecule has 5 heteroatoms. The highest BCUT2D eigenvalue weighted by molar-refractivity contribution is 5.93. The fourth-order valence-corrected chi connectivity index (χ4v) is 2.55. The summed E-state index contributed by atoms with van der Waals surface area (Å²) in [5.41, 5.74) is 0.800. The van der Waals surface area contributed by atoms with Crippen LogP contribution in [-0.4, -0.2) is 44.4 Å². The summed E-state index contributed by atoms with van der Waals surface area (Å²) in [7, 11) is 0. The SMILES string of the molecule is CCCC1(O)CN(C(=O)c2cc(C)nn2CC)C1. The monoisotopic (exact) mass is 251 g/mol. The standard InChI is InChI=1S/C13H21N3O2/c1-4-6-13(18)8-15(9-13)12(17)11-7-10(3)14-16(11)5-2/h7,18H,4-6,8-9H2,1-3H3. The average molecular weight is 251 g/mol. The molecule has 1 aromatic rings. The van der Waals surface area contributed by atoms with Gasteiger partial charge in [0.15, 0.2) is 0 Å². The van der Waals surface area contributed by atoms with Crippen molar-refractivity contribution in [3.8, 4) is 0 Å². The molecule has 0 unspecified atom stereocenters. The Morgan fingerprint density at radius 2 is 2.17 bits per heavy atom. The van der Waals surface area contributed by atoms with Crippen LogP contribution < -0.4 is 0 Å². The third-order valence-electron chi connectivity index (χ3n) is 3.39. The highest BCUT2D eigenvalue weighted by atomic mass is 16.3. The highest BCUT2D eigenvalue weighted by Gasteiger charge is 2.43. The van der Waals surface area contributed by atoms with E-state index in [1.54, 1.807) is 9.58 Å². The van der Waals surface area contributed by atoms with Crippen LogP contribution in [0.25, 0.3) is 0 Å². The largest absolute Gasteiger partial charge is 0.386 e. The Morgan fingerprint density at radius 1 is 1.50 bits per heavy atom. The molecular formula is C13H21N3O2. The van der Waals surface area contributed by atoms with Crippen LogP contribution in [0.5, 0.6) is 0 Å². The van der Waals surface area contributed by atoms with Crippen molar-refractivity contribution < 1.29 is 9.90 Å². The zero-order valence-corrected chi connectivity index (χ0v) is 11.3. The molecule has 0 aromatic carbocycles. The summed E-state index contributed by atoms with van der Waals surface area (Å²) in [5, 5.41) is 14.4. The lowest BCUT2D eigenvalue weighted by Gasteiger charge is -2.46. The fraction of sp³-hybridized carbons (Fsp3) is 0.692. The number of aryl methyl sites for hydroxylation is 2. The predicted octanol–water partition coefficient (Wildman–Crippen LogP) is 1.20. The van der Waals surface area contributed by atoms with Crippen LogP contribution in [0.2, 0.25) is 0 Å². The van der Waals surface area contributed by atoms with Crippen LogP contribution in [0, 0.1) is 6.92 Å². The lowest BCUT2D eigenvalue weighted by atomic mass is 9.89. The number of nitrogens with zero attached hydrogens (tertiary/aromatic N) is 3. The van der Waals surface area contributed by atoms with E-state index in [1.165, 1.54) is 0 Å². The molecule has 1 aliphatic heterocycles. The molecule has 2 heterocycles. The molecule has 0 spiro atoms. The first-order chi connectivity index (χ1) is 8.49. The first-order valence-corrected chi connectivity index (χ1v) is 6.55. The molecule has 2 rings (SSSR count). The molecule has 1 aromatic heterocycles. The number of aromatic nitrogens is 2. The summed E-state index contributed by atoms with van der Waals surface area (Å²) in [6, 6.07) is 1.81. The van der Waals surface area contributed by atoms with Gasteiger partial charge in [0.1, 0.15) is 5.69 Å². The van der Waals surface area contributed by atoms with Crippen LogP contribution in [0.4, 0.5) is 0 Å². The van der Waals surface area contributed by atoms with Gasteiger partial charge in [-0.2, -0.15) is 5.10 Å². The molecule has 1 amide bonds. The van der Waals surface area contributed by atoms with Crippen LogP contribution in [-0.2, 0) is 6.54 Å². The van der Waals surface area contributed by atoms with E-state index in [-0.39, 0.29) is 5.91 Å². The van der Waals surface area contributed by atoms with Gasteiger partial charge in [-0.05, 0) is 26.3 Å². The van der Waals surface area contributed by atoms with E-state index in [0.29, 0.717) is 25.3 Å². The highest BCUT2D eigenvalue weighted by Crippen LogP contribution is 2.27. The molecule has 0 saturated carbocycles. The number of carbonyl (C=O) groups excluding carboxylic acids is 1. The third-order valence-corrected chi connectivity index (χ3v) is 3.39. The molecule has 18 heavy (non-hydrogen) atoms. The summed E-state index contributed by atoms with van der Waals surface area (Å²) in [6.07, 6.45) is 1.69. The Balaban J connectivity index is 2.05. The number of aliphatic hydroxyl groups is 1. The van der Waals surface area contributed by atoms with Crippen molar-refractivity contribution in [1.82, 2.24) is 14.7 Å². The maximum atomic E-state index is 12.3. The molecule has 1 fully saturated rings. The summed E-state index contributed by atoms with van der Waals surface area (Å²) in [6.45, 7) is 7.44. The quantitative estimate of drug-likeness (QED) is 0.874. The Kier molecular flexibility index (Phi) is 3.43. The number of rotatable bonds is 4. The van der Waals surface area contributed by atoms with Crippen LogP contribution >= 0.6 is 0 Å². The Labute approximate surface area is 107 Å².